The molecule has 0 aliphatic carbocycles. The maximum absolute atomic E-state index is 12.1. The summed E-state index contributed by atoms with van der Waals surface area (Å²) in [6, 6.07) is 4.08. The number of aromatic nitrogens is 3. The van der Waals surface area contributed by atoms with Crippen LogP contribution in [-0.2, 0) is 24.7 Å². The van der Waals surface area contributed by atoms with E-state index in [1.165, 1.54) is 5.56 Å². The highest BCUT2D eigenvalue weighted by molar-refractivity contribution is 5.89. The molecule has 0 aliphatic heterocycles. The van der Waals surface area contributed by atoms with Gasteiger partial charge >= 0.3 is 0 Å². The van der Waals surface area contributed by atoms with Crippen LogP contribution in [0.25, 0.3) is 11.0 Å². The van der Waals surface area contributed by atoms with Crippen LogP contribution in [0.1, 0.15) is 22.5 Å². The van der Waals surface area contributed by atoms with E-state index in [0.29, 0.717) is 19.4 Å². The molecule has 0 atom stereocenters. The number of fused-ring (bicyclic) bond motifs is 1. The summed E-state index contributed by atoms with van der Waals surface area (Å²) in [7, 11) is 1.89. The van der Waals surface area contributed by atoms with E-state index in [9.17, 15) is 4.79 Å². The summed E-state index contributed by atoms with van der Waals surface area (Å²) in [5.41, 5.74) is 4.09. The Balaban J connectivity index is 1.62. The van der Waals surface area contributed by atoms with E-state index in [2.05, 4.69) is 28.5 Å². The number of benzene rings is 1. The van der Waals surface area contributed by atoms with Crippen molar-refractivity contribution in [2.45, 2.75) is 26.7 Å². The lowest BCUT2D eigenvalue weighted by Gasteiger charge is -2.05. The van der Waals surface area contributed by atoms with E-state index < -0.39 is 0 Å². The van der Waals surface area contributed by atoms with Crippen LogP contribution in [0, 0.1) is 13.8 Å². The van der Waals surface area contributed by atoms with Gasteiger partial charge in [-0.25, -0.2) is 0 Å². The zero-order valence-corrected chi connectivity index (χ0v) is 13.6. The molecule has 0 radical (unpaired) electrons. The Morgan fingerprint density at radius 3 is 2.91 bits per heavy atom. The molecule has 0 aliphatic rings. The largest absolute Gasteiger partial charge is 0.464 e. The van der Waals surface area contributed by atoms with Crippen LogP contribution >= 0.6 is 0 Å². The van der Waals surface area contributed by atoms with Gasteiger partial charge < -0.3 is 14.3 Å². The molecular weight excluding hydrogens is 292 g/mol. The van der Waals surface area contributed by atoms with Gasteiger partial charge in [0.25, 0.3) is 0 Å². The fourth-order valence-corrected chi connectivity index (χ4v) is 2.61. The SMILES string of the molecule is Cc1ccc2c(CC(=O)NCCc3nncn3C)coc2c1C. The van der Waals surface area contributed by atoms with Crippen LogP contribution in [0.5, 0.6) is 0 Å². The second-order valence-corrected chi connectivity index (χ2v) is 5.78. The highest BCUT2D eigenvalue weighted by Crippen LogP contribution is 2.26. The van der Waals surface area contributed by atoms with Gasteiger partial charge in [0.05, 0.1) is 12.7 Å². The van der Waals surface area contributed by atoms with Gasteiger partial charge in [0, 0.05) is 31.0 Å². The van der Waals surface area contributed by atoms with Gasteiger partial charge in [-0.3, -0.25) is 4.79 Å². The molecule has 23 heavy (non-hydrogen) atoms. The van der Waals surface area contributed by atoms with E-state index >= 15 is 0 Å². The zero-order valence-electron chi connectivity index (χ0n) is 13.6. The Kier molecular flexibility index (Phi) is 4.14. The number of hydrogen-bond acceptors (Lipinski definition) is 4. The lowest BCUT2D eigenvalue weighted by atomic mass is 10.0. The van der Waals surface area contributed by atoms with Crippen LogP contribution in [0.3, 0.4) is 0 Å². The number of nitrogens with zero attached hydrogens (tertiary/aromatic N) is 3. The lowest BCUT2D eigenvalue weighted by molar-refractivity contribution is -0.120. The Morgan fingerprint density at radius 1 is 1.35 bits per heavy atom. The number of furan rings is 1. The van der Waals surface area contributed by atoms with Crippen molar-refractivity contribution < 1.29 is 9.21 Å². The molecule has 6 nitrogen and oxygen atoms in total. The first-order chi connectivity index (χ1) is 11.1. The number of hydrogen-bond donors (Lipinski definition) is 1. The first kappa shape index (κ1) is 15.3. The van der Waals surface area contributed by atoms with Crippen LogP contribution in [0.4, 0.5) is 0 Å². The molecule has 1 aromatic carbocycles. The molecule has 3 rings (SSSR count). The summed E-state index contributed by atoms with van der Waals surface area (Å²) < 4.78 is 7.49. The number of aryl methyl sites for hydroxylation is 3. The summed E-state index contributed by atoms with van der Waals surface area (Å²) in [6.07, 6.45) is 4.30. The molecule has 120 valence electrons. The standard InChI is InChI=1S/C17H20N4O2/c1-11-4-5-14-13(9-23-17(14)12(11)2)8-16(22)18-7-6-15-20-19-10-21(15)3/h4-5,9-10H,6-8H2,1-3H3,(H,18,22). The molecule has 3 aromatic rings. The van der Waals surface area contributed by atoms with Crippen molar-refractivity contribution in [2.75, 3.05) is 6.54 Å². The minimum Gasteiger partial charge on any atom is -0.464 e. The third-order valence-corrected chi connectivity index (χ3v) is 4.17. The van der Waals surface area contributed by atoms with Crippen molar-refractivity contribution in [3.8, 4) is 0 Å². The summed E-state index contributed by atoms with van der Waals surface area (Å²) in [6.45, 7) is 4.63. The predicted molar refractivity (Wildman–Crippen MR) is 87.1 cm³/mol. The van der Waals surface area contributed by atoms with E-state index in [1.54, 1.807) is 12.6 Å². The van der Waals surface area contributed by atoms with Crippen molar-refractivity contribution in [2.24, 2.45) is 7.05 Å². The fourth-order valence-electron chi connectivity index (χ4n) is 2.61. The lowest BCUT2D eigenvalue weighted by Crippen LogP contribution is -2.27. The van der Waals surface area contributed by atoms with Gasteiger partial charge in [0.2, 0.25) is 5.91 Å². The van der Waals surface area contributed by atoms with Gasteiger partial charge in [0.1, 0.15) is 17.7 Å². The summed E-state index contributed by atoms with van der Waals surface area (Å²) in [4.78, 5) is 12.1. The first-order valence-corrected chi connectivity index (χ1v) is 7.62. The minimum atomic E-state index is -0.0203. The van der Waals surface area contributed by atoms with E-state index in [-0.39, 0.29) is 5.91 Å². The van der Waals surface area contributed by atoms with Crippen LogP contribution < -0.4 is 5.32 Å². The predicted octanol–water partition coefficient (Wildman–Crippen LogP) is 2.08. The van der Waals surface area contributed by atoms with Crippen LogP contribution in [-0.4, -0.2) is 27.2 Å². The quantitative estimate of drug-likeness (QED) is 0.783. The Morgan fingerprint density at radius 2 is 2.17 bits per heavy atom. The first-order valence-electron chi connectivity index (χ1n) is 7.62. The molecule has 0 saturated heterocycles. The van der Waals surface area contributed by atoms with Gasteiger partial charge in [0.15, 0.2) is 0 Å². The molecule has 6 heteroatoms. The number of nitrogens with one attached hydrogen (secondary N) is 1. The fraction of sp³-hybridized carbons (Fsp3) is 0.353. The van der Waals surface area contributed by atoms with Crippen LogP contribution in [0.15, 0.2) is 29.1 Å². The van der Waals surface area contributed by atoms with Crippen molar-refractivity contribution in [3.05, 3.63) is 47.2 Å². The summed E-state index contributed by atoms with van der Waals surface area (Å²) in [5.74, 6) is 0.832. The van der Waals surface area contributed by atoms with Crippen molar-refractivity contribution in [1.82, 2.24) is 20.1 Å². The summed E-state index contributed by atoms with van der Waals surface area (Å²) >= 11 is 0. The molecule has 1 N–H and O–H groups in total. The van der Waals surface area contributed by atoms with Gasteiger partial charge in [-0.1, -0.05) is 12.1 Å². The Labute approximate surface area is 134 Å². The monoisotopic (exact) mass is 312 g/mol. The van der Waals surface area contributed by atoms with Gasteiger partial charge in [-0.2, -0.15) is 0 Å². The van der Waals surface area contributed by atoms with Crippen molar-refractivity contribution in [1.29, 1.82) is 0 Å². The van der Waals surface area contributed by atoms with Gasteiger partial charge in [-0.05, 0) is 25.0 Å². The minimum absolute atomic E-state index is 0.0203. The van der Waals surface area contributed by atoms with Crippen molar-refractivity contribution in [3.63, 3.8) is 0 Å². The van der Waals surface area contributed by atoms with Crippen molar-refractivity contribution >= 4 is 16.9 Å². The average molecular weight is 312 g/mol. The van der Waals surface area contributed by atoms with Crippen LogP contribution in [0.2, 0.25) is 0 Å². The molecular formula is C17H20N4O2. The third-order valence-electron chi connectivity index (χ3n) is 4.17. The zero-order chi connectivity index (χ0) is 16.4. The topological polar surface area (TPSA) is 73.0 Å². The number of amides is 1. The molecule has 2 heterocycles. The summed E-state index contributed by atoms with van der Waals surface area (Å²) in [5, 5.41) is 11.7. The molecule has 0 saturated carbocycles. The Bertz CT molecular complexity index is 848. The van der Waals surface area contributed by atoms with Gasteiger partial charge in [-0.15, -0.1) is 10.2 Å². The molecule has 2 aromatic heterocycles. The molecule has 0 bridgehead atoms. The highest BCUT2D eigenvalue weighted by Gasteiger charge is 2.12. The molecule has 0 unspecified atom stereocenters. The number of carbonyl (C=O) groups is 1. The number of carbonyl (C=O) groups excluding carboxylic acids is 1. The second kappa shape index (κ2) is 6.24. The third kappa shape index (κ3) is 3.11. The van der Waals surface area contributed by atoms with E-state index in [1.807, 2.05) is 24.6 Å². The normalized spacial score (nSPS) is 11.1. The molecule has 1 amide bonds. The Hall–Kier alpha value is -2.63. The maximum Gasteiger partial charge on any atom is 0.224 e. The highest BCUT2D eigenvalue weighted by atomic mass is 16.3. The maximum atomic E-state index is 12.1. The molecule has 0 spiro atoms. The molecule has 0 fully saturated rings. The smallest absolute Gasteiger partial charge is 0.224 e. The van der Waals surface area contributed by atoms with E-state index in [0.717, 1.165) is 27.9 Å². The average Bonchev–Trinajstić information content (AvgIpc) is 3.11. The van der Waals surface area contributed by atoms with E-state index in [4.69, 9.17) is 4.42 Å². The number of rotatable bonds is 5. The second-order valence-electron chi connectivity index (χ2n) is 5.78.